The molecule has 0 saturated heterocycles. The Balaban J connectivity index is 1.54. The minimum atomic E-state index is -0.470. The van der Waals surface area contributed by atoms with Crippen LogP contribution in [0.15, 0.2) is 51.9 Å². The molecule has 0 radical (unpaired) electrons. The van der Waals surface area contributed by atoms with Crippen molar-refractivity contribution in [2.45, 2.75) is 19.4 Å². The molecule has 112 valence electrons. The number of nitrogens with one attached hydrogen (secondary N) is 2. The normalized spacial score (nSPS) is 10.7. The minimum Gasteiger partial charge on any atom is -0.408 e. The highest BCUT2D eigenvalue weighted by molar-refractivity contribution is 5.77. The zero-order chi connectivity index (χ0) is 15.4. The van der Waals surface area contributed by atoms with Gasteiger partial charge in [-0.1, -0.05) is 6.07 Å². The summed E-state index contributed by atoms with van der Waals surface area (Å²) in [7, 11) is 0. The van der Waals surface area contributed by atoms with Crippen molar-refractivity contribution in [1.29, 1.82) is 0 Å². The molecule has 3 aromatic rings. The maximum Gasteiger partial charge on any atom is 0.417 e. The first-order valence-corrected chi connectivity index (χ1v) is 6.98. The fraction of sp³-hybridized carbons (Fsp3) is 0.188. The summed E-state index contributed by atoms with van der Waals surface area (Å²) in [5.74, 6) is -0.486. The lowest BCUT2D eigenvalue weighted by Crippen LogP contribution is -2.22. The first kappa shape index (κ1) is 14.1. The monoisotopic (exact) mass is 297 g/mol. The molecule has 0 unspecified atom stereocenters. The Labute approximate surface area is 126 Å². The summed E-state index contributed by atoms with van der Waals surface area (Å²) in [4.78, 5) is 29.5. The van der Waals surface area contributed by atoms with Crippen LogP contribution in [-0.4, -0.2) is 15.9 Å². The number of fused-ring (bicyclic) bond motifs is 1. The Kier molecular flexibility index (Phi) is 4.00. The molecule has 2 heterocycles. The molecule has 0 atom stereocenters. The maximum atomic E-state index is 11.9. The number of H-pyrrole nitrogens is 1. The molecule has 3 rings (SSSR count). The molecule has 1 aromatic carbocycles. The van der Waals surface area contributed by atoms with E-state index in [1.54, 1.807) is 18.5 Å². The van der Waals surface area contributed by atoms with Crippen molar-refractivity contribution in [3.05, 3.63) is 64.4 Å². The van der Waals surface area contributed by atoms with Gasteiger partial charge in [-0.2, -0.15) is 0 Å². The van der Waals surface area contributed by atoms with Crippen molar-refractivity contribution >= 4 is 17.0 Å². The van der Waals surface area contributed by atoms with Crippen LogP contribution >= 0.6 is 0 Å². The second kappa shape index (κ2) is 6.26. The number of benzene rings is 1. The van der Waals surface area contributed by atoms with Crippen LogP contribution in [0.2, 0.25) is 0 Å². The Bertz CT molecular complexity index is 836. The van der Waals surface area contributed by atoms with Gasteiger partial charge in [-0.25, -0.2) is 4.79 Å². The number of amides is 1. The molecule has 0 fully saturated rings. The van der Waals surface area contributed by atoms with E-state index in [0.717, 1.165) is 11.1 Å². The number of carbonyl (C=O) groups excluding carboxylic acids is 1. The van der Waals surface area contributed by atoms with Crippen LogP contribution in [0.1, 0.15) is 17.5 Å². The molecule has 6 nitrogen and oxygen atoms in total. The van der Waals surface area contributed by atoms with Crippen LogP contribution in [0.4, 0.5) is 0 Å². The number of carbonyl (C=O) groups is 1. The Morgan fingerprint density at radius 1 is 1.18 bits per heavy atom. The van der Waals surface area contributed by atoms with E-state index < -0.39 is 5.76 Å². The SMILES string of the molecule is O=C(CCc1ccc2oc(=O)[nH]c2c1)NCc1ccncc1. The molecule has 1 amide bonds. The smallest absolute Gasteiger partial charge is 0.408 e. The third kappa shape index (κ3) is 3.41. The Morgan fingerprint density at radius 3 is 2.82 bits per heavy atom. The van der Waals surface area contributed by atoms with E-state index in [1.807, 2.05) is 24.3 Å². The number of aryl methyl sites for hydroxylation is 1. The van der Waals surface area contributed by atoms with Crippen LogP contribution in [0.5, 0.6) is 0 Å². The van der Waals surface area contributed by atoms with Crippen LogP contribution < -0.4 is 11.1 Å². The van der Waals surface area contributed by atoms with Crippen LogP contribution in [0, 0.1) is 0 Å². The zero-order valence-corrected chi connectivity index (χ0v) is 11.8. The van der Waals surface area contributed by atoms with Crippen molar-refractivity contribution in [3.8, 4) is 0 Å². The molecule has 0 aliphatic carbocycles. The Hall–Kier alpha value is -2.89. The molecule has 0 saturated carbocycles. The number of aromatic amines is 1. The standard InChI is InChI=1S/C16H15N3O3/c20-15(18-10-12-5-7-17-8-6-12)4-2-11-1-3-14-13(9-11)19-16(21)22-14/h1,3,5-9H,2,4,10H2,(H,18,20)(H,19,21). The molecular formula is C16H15N3O3. The first-order chi connectivity index (χ1) is 10.7. The minimum absolute atomic E-state index is 0.0161. The van der Waals surface area contributed by atoms with E-state index in [2.05, 4.69) is 15.3 Å². The number of oxazole rings is 1. The third-order valence-electron chi connectivity index (χ3n) is 3.36. The summed E-state index contributed by atoms with van der Waals surface area (Å²) in [6.07, 6.45) is 4.38. The lowest BCUT2D eigenvalue weighted by Gasteiger charge is -2.05. The number of hydrogen-bond acceptors (Lipinski definition) is 4. The molecule has 0 aliphatic rings. The average molecular weight is 297 g/mol. The van der Waals surface area contributed by atoms with Gasteiger partial charge in [-0.05, 0) is 41.8 Å². The molecule has 6 heteroatoms. The van der Waals surface area contributed by atoms with Gasteiger partial charge in [0.05, 0.1) is 5.52 Å². The van der Waals surface area contributed by atoms with E-state index in [4.69, 9.17) is 4.42 Å². The molecular weight excluding hydrogens is 282 g/mol. The summed E-state index contributed by atoms with van der Waals surface area (Å²) in [5.41, 5.74) is 3.17. The van der Waals surface area contributed by atoms with Crippen LogP contribution in [0.3, 0.4) is 0 Å². The van der Waals surface area contributed by atoms with E-state index in [1.165, 1.54) is 0 Å². The van der Waals surface area contributed by atoms with E-state index in [9.17, 15) is 9.59 Å². The molecule has 0 spiro atoms. The fourth-order valence-electron chi connectivity index (χ4n) is 2.20. The van der Waals surface area contributed by atoms with Crippen molar-refractivity contribution in [2.24, 2.45) is 0 Å². The fourth-order valence-corrected chi connectivity index (χ4v) is 2.20. The van der Waals surface area contributed by atoms with Crippen molar-refractivity contribution < 1.29 is 9.21 Å². The number of hydrogen-bond donors (Lipinski definition) is 2. The van der Waals surface area contributed by atoms with Crippen molar-refractivity contribution in [2.75, 3.05) is 0 Å². The number of aromatic nitrogens is 2. The highest BCUT2D eigenvalue weighted by atomic mass is 16.4. The predicted octanol–water partition coefficient (Wildman–Crippen LogP) is 1.77. The van der Waals surface area contributed by atoms with Crippen molar-refractivity contribution in [3.63, 3.8) is 0 Å². The van der Waals surface area contributed by atoms with E-state index in [0.29, 0.717) is 30.5 Å². The first-order valence-electron chi connectivity index (χ1n) is 6.98. The van der Waals surface area contributed by atoms with Gasteiger partial charge in [0.1, 0.15) is 0 Å². The molecule has 2 N–H and O–H groups in total. The van der Waals surface area contributed by atoms with Gasteiger partial charge in [0, 0.05) is 25.4 Å². The van der Waals surface area contributed by atoms with Gasteiger partial charge < -0.3 is 9.73 Å². The van der Waals surface area contributed by atoms with E-state index in [-0.39, 0.29) is 5.91 Å². The van der Waals surface area contributed by atoms with Gasteiger partial charge in [-0.15, -0.1) is 0 Å². The van der Waals surface area contributed by atoms with Gasteiger partial charge in [-0.3, -0.25) is 14.8 Å². The second-order valence-corrected chi connectivity index (χ2v) is 4.98. The van der Waals surface area contributed by atoms with Crippen LogP contribution in [0.25, 0.3) is 11.1 Å². The van der Waals surface area contributed by atoms with Gasteiger partial charge in [0.15, 0.2) is 5.58 Å². The Morgan fingerprint density at radius 2 is 2.00 bits per heavy atom. The summed E-state index contributed by atoms with van der Waals surface area (Å²) in [6, 6.07) is 9.15. The average Bonchev–Trinajstić information content (AvgIpc) is 2.91. The summed E-state index contributed by atoms with van der Waals surface area (Å²) >= 11 is 0. The highest BCUT2D eigenvalue weighted by Crippen LogP contribution is 2.13. The molecule has 22 heavy (non-hydrogen) atoms. The van der Waals surface area contributed by atoms with Gasteiger partial charge >= 0.3 is 5.76 Å². The summed E-state index contributed by atoms with van der Waals surface area (Å²) in [5, 5.41) is 2.87. The maximum absolute atomic E-state index is 11.9. The van der Waals surface area contributed by atoms with Gasteiger partial charge in [0.25, 0.3) is 0 Å². The predicted molar refractivity (Wildman–Crippen MR) is 81.2 cm³/mol. The van der Waals surface area contributed by atoms with E-state index >= 15 is 0 Å². The molecule has 0 bridgehead atoms. The lowest BCUT2D eigenvalue weighted by molar-refractivity contribution is -0.121. The number of nitrogens with zero attached hydrogens (tertiary/aromatic N) is 1. The van der Waals surface area contributed by atoms with Crippen LogP contribution in [-0.2, 0) is 17.8 Å². The summed E-state index contributed by atoms with van der Waals surface area (Å²) < 4.78 is 4.94. The molecule has 2 aromatic heterocycles. The second-order valence-electron chi connectivity index (χ2n) is 4.98. The number of rotatable bonds is 5. The topological polar surface area (TPSA) is 88.0 Å². The zero-order valence-electron chi connectivity index (χ0n) is 11.8. The lowest BCUT2D eigenvalue weighted by atomic mass is 10.1. The summed E-state index contributed by atoms with van der Waals surface area (Å²) in [6.45, 7) is 0.495. The largest absolute Gasteiger partial charge is 0.417 e. The third-order valence-corrected chi connectivity index (χ3v) is 3.36. The van der Waals surface area contributed by atoms with Crippen molar-refractivity contribution in [1.82, 2.24) is 15.3 Å². The highest BCUT2D eigenvalue weighted by Gasteiger charge is 2.05. The molecule has 0 aliphatic heterocycles. The quantitative estimate of drug-likeness (QED) is 0.751. The number of pyridine rings is 1. The van der Waals surface area contributed by atoms with Gasteiger partial charge in [0.2, 0.25) is 5.91 Å².